The molecule has 1 unspecified atom stereocenters. The lowest BCUT2D eigenvalue weighted by Gasteiger charge is -2.19. The molecule has 5 N–H and O–H groups in total. The van der Waals surface area contributed by atoms with Crippen LogP contribution in [0.2, 0.25) is 0 Å². The van der Waals surface area contributed by atoms with E-state index >= 15 is 0 Å². The summed E-state index contributed by atoms with van der Waals surface area (Å²) in [7, 11) is 1.52. The molecule has 17 nitrogen and oxygen atoms in total. The van der Waals surface area contributed by atoms with Gasteiger partial charge in [-0.15, -0.1) is 0 Å². The molecule has 0 aliphatic heterocycles. The van der Waals surface area contributed by atoms with Crippen molar-refractivity contribution in [2.45, 2.75) is 52.0 Å². The number of hydrogen-bond acceptors (Lipinski definition) is 12. The maximum Gasteiger partial charge on any atom is 0.246 e. The van der Waals surface area contributed by atoms with Gasteiger partial charge >= 0.3 is 0 Å². The van der Waals surface area contributed by atoms with Crippen molar-refractivity contribution >= 4 is 35.3 Å². The van der Waals surface area contributed by atoms with E-state index in [2.05, 4.69) is 26.6 Å². The zero-order chi connectivity index (χ0) is 35.0. The Morgan fingerprint density at radius 2 is 1.00 bits per heavy atom. The Morgan fingerprint density at radius 1 is 0.532 bits per heavy atom. The van der Waals surface area contributed by atoms with Crippen LogP contribution >= 0.6 is 0 Å². The summed E-state index contributed by atoms with van der Waals surface area (Å²) in [6.07, 6.45) is 2.56. The third kappa shape index (κ3) is 31.2. The summed E-state index contributed by atoms with van der Waals surface area (Å²) < 4.78 is 31.8. The van der Waals surface area contributed by atoms with Crippen molar-refractivity contribution in [3.05, 3.63) is 0 Å². The molecule has 0 spiro atoms. The maximum absolute atomic E-state index is 12.8. The normalized spacial score (nSPS) is 11.4. The van der Waals surface area contributed by atoms with E-state index in [4.69, 9.17) is 28.4 Å². The summed E-state index contributed by atoms with van der Waals surface area (Å²) in [6, 6.07) is -0.805. The number of rotatable bonds is 32. The van der Waals surface area contributed by atoms with Gasteiger partial charge in [0, 0.05) is 47.0 Å². The minimum Gasteiger partial charge on any atom is -0.377 e. The molecule has 0 rings (SSSR count). The second kappa shape index (κ2) is 31.4. The molecule has 5 amide bonds. The van der Waals surface area contributed by atoms with Crippen LogP contribution in [-0.4, -0.2) is 147 Å². The van der Waals surface area contributed by atoms with Crippen molar-refractivity contribution in [1.82, 2.24) is 26.6 Å². The number of carbonyl (C=O) groups is 6. The molecule has 0 aromatic carbocycles. The number of amides is 5. The highest BCUT2D eigenvalue weighted by Gasteiger charge is 2.20. The van der Waals surface area contributed by atoms with Crippen LogP contribution in [0.4, 0.5) is 0 Å². The molecule has 0 aliphatic carbocycles. The first-order valence-corrected chi connectivity index (χ1v) is 15.9. The van der Waals surface area contributed by atoms with Gasteiger partial charge in [0.2, 0.25) is 29.5 Å². The average molecular weight is 678 g/mol. The summed E-state index contributed by atoms with van der Waals surface area (Å²) >= 11 is 0. The van der Waals surface area contributed by atoms with Crippen molar-refractivity contribution in [2.75, 3.05) is 106 Å². The summed E-state index contributed by atoms with van der Waals surface area (Å²) in [5.41, 5.74) is 0. The highest BCUT2D eigenvalue weighted by Crippen LogP contribution is 2.07. The molecule has 0 aliphatic rings. The average Bonchev–Trinajstić information content (AvgIpc) is 3.03. The first kappa shape index (κ1) is 43.8. The Hall–Kier alpha value is -3.22. The molecule has 17 heteroatoms. The van der Waals surface area contributed by atoms with E-state index in [1.54, 1.807) is 0 Å². The lowest BCUT2D eigenvalue weighted by Crippen LogP contribution is -2.48. The number of nitrogens with one attached hydrogen (secondary N) is 5. The third-order valence-corrected chi connectivity index (χ3v) is 6.01. The Bertz CT molecular complexity index is 893. The quantitative estimate of drug-likeness (QED) is 0.0500. The molecule has 0 aromatic heterocycles. The number of unbranched alkanes of at least 4 members (excludes halogenated alkanes) is 2. The minimum absolute atomic E-state index is 0.0151. The summed E-state index contributed by atoms with van der Waals surface area (Å²) in [4.78, 5) is 70.1. The molecular weight excluding hydrogens is 622 g/mol. The predicted octanol–water partition coefficient (Wildman–Crippen LogP) is -1.78. The zero-order valence-corrected chi connectivity index (χ0v) is 28.1. The number of hydrogen-bond donors (Lipinski definition) is 5. The molecule has 47 heavy (non-hydrogen) atoms. The predicted molar refractivity (Wildman–Crippen MR) is 169 cm³/mol. The molecule has 0 saturated carbocycles. The molecular formula is C30H55N5O12. The van der Waals surface area contributed by atoms with Crippen LogP contribution < -0.4 is 26.6 Å². The minimum atomic E-state index is -0.805. The van der Waals surface area contributed by atoms with Crippen molar-refractivity contribution < 1.29 is 57.2 Å². The van der Waals surface area contributed by atoms with Crippen molar-refractivity contribution in [3.8, 4) is 0 Å². The fourth-order valence-corrected chi connectivity index (χ4v) is 3.64. The second-order valence-corrected chi connectivity index (χ2v) is 10.2. The van der Waals surface area contributed by atoms with Crippen LogP contribution in [0.1, 0.15) is 46.0 Å². The number of Topliss-reactive ketones (excluding diaryl/α,β-unsaturated/α-hetero) is 1. The van der Waals surface area contributed by atoms with Gasteiger partial charge in [0.15, 0.2) is 5.78 Å². The molecule has 0 fully saturated rings. The van der Waals surface area contributed by atoms with Crippen LogP contribution in [0, 0.1) is 0 Å². The van der Waals surface area contributed by atoms with E-state index in [1.165, 1.54) is 20.9 Å². The Balaban J connectivity index is 4.37. The molecule has 0 saturated heterocycles. The summed E-state index contributed by atoms with van der Waals surface area (Å²) in [5, 5.41) is 13.1. The molecule has 0 heterocycles. The number of carbonyl (C=O) groups excluding carboxylic acids is 6. The molecule has 272 valence electrons. The van der Waals surface area contributed by atoms with E-state index in [1.807, 2.05) is 0 Å². The molecule has 0 aromatic rings. The van der Waals surface area contributed by atoms with Crippen LogP contribution in [0.5, 0.6) is 0 Å². The van der Waals surface area contributed by atoms with E-state index in [-0.39, 0.29) is 95.4 Å². The summed E-state index contributed by atoms with van der Waals surface area (Å²) in [6.45, 7) is 5.89. The zero-order valence-electron chi connectivity index (χ0n) is 28.1. The SMILES string of the molecule is CNC(=O)COCCOCCNC(=O)C(CCCCCC(=O)COCCOCCNC(C)=O)NC(=O)COCCOCCNC(C)=O. The highest BCUT2D eigenvalue weighted by atomic mass is 16.5. The lowest BCUT2D eigenvalue weighted by atomic mass is 10.1. The van der Waals surface area contributed by atoms with Crippen molar-refractivity contribution in [1.29, 1.82) is 0 Å². The standard InChI is InChI=1S/C30H55N5O12/c1-24(36)32-9-12-42-15-18-45-21-26(38)7-5-4-6-8-27(30(41)34-11-14-44-16-19-46-22-28(39)31-3)35-29(40)23-47-20-17-43-13-10-33-25(2)37/h27H,4-23H2,1-3H3,(H,31,39)(H,32,36)(H,33,37)(H,34,41)(H,35,40). The molecule has 0 radical (unpaired) electrons. The monoisotopic (exact) mass is 677 g/mol. The summed E-state index contributed by atoms with van der Waals surface area (Å²) in [5.74, 6) is -1.38. The second-order valence-electron chi connectivity index (χ2n) is 10.2. The van der Waals surface area contributed by atoms with E-state index in [0.29, 0.717) is 65.0 Å². The van der Waals surface area contributed by atoms with E-state index < -0.39 is 11.9 Å². The molecule has 1 atom stereocenters. The van der Waals surface area contributed by atoms with Gasteiger partial charge in [0.05, 0.1) is 59.5 Å². The fraction of sp³-hybridized carbons (Fsp3) is 0.800. The Morgan fingerprint density at radius 3 is 1.51 bits per heavy atom. The lowest BCUT2D eigenvalue weighted by molar-refractivity contribution is -0.132. The van der Waals surface area contributed by atoms with E-state index in [0.717, 1.165) is 0 Å². The van der Waals surface area contributed by atoms with Gasteiger partial charge in [-0.05, 0) is 12.8 Å². The van der Waals surface area contributed by atoms with Crippen molar-refractivity contribution in [2.24, 2.45) is 0 Å². The Labute approximate surface area is 277 Å². The highest BCUT2D eigenvalue weighted by molar-refractivity contribution is 5.88. The van der Waals surface area contributed by atoms with Gasteiger partial charge in [-0.3, -0.25) is 28.8 Å². The van der Waals surface area contributed by atoms with Gasteiger partial charge < -0.3 is 55.0 Å². The van der Waals surface area contributed by atoms with Gasteiger partial charge in [0.25, 0.3) is 0 Å². The number of ether oxygens (including phenoxy) is 6. The van der Waals surface area contributed by atoms with Gasteiger partial charge in [0.1, 0.15) is 25.9 Å². The van der Waals surface area contributed by atoms with E-state index in [9.17, 15) is 28.8 Å². The maximum atomic E-state index is 12.8. The topological polar surface area (TPSA) is 218 Å². The van der Waals surface area contributed by atoms with Crippen molar-refractivity contribution in [3.63, 3.8) is 0 Å². The first-order chi connectivity index (χ1) is 22.6. The van der Waals surface area contributed by atoms with Gasteiger partial charge in [-0.1, -0.05) is 12.8 Å². The van der Waals surface area contributed by atoms with Crippen LogP contribution in [0.25, 0.3) is 0 Å². The number of likely N-dealkylation sites (N-methyl/N-ethyl adjacent to an activating group) is 1. The Kier molecular flexibility index (Phi) is 29.2. The van der Waals surface area contributed by atoms with Gasteiger partial charge in [-0.2, -0.15) is 0 Å². The van der Waals surface area contributed by atoms with Crippen LogP contribution in [0.15, 0.2) is 0 Å². The molecule has 0 bridgehead atoms. The fourth-order valence-electron chi connectivity index (χ4n) is 3.64. The van der Waals surface area contributed by atoms with Crippen LogP contribution in [-0.2, 0) is 57.2 Å². The first-order valence-electron chi connectivity index (χ1n) is 15.9. The third-order valence-electron chi connectivity index (χ3n) is 6.01. The largest absolute Gasteiger partial charge is 0.377 e. The van der Waals surface area contributed by atoms with Gasteiger partial charge in [-0.25, -0.2) is 0 Å². The number of ketones is 1. The smallest absolute Gasteiger partial charge is 0.246 e. The van der Waals surface area contributed by atoms with Crippen LogP contribution in [0.3, 0.4) is 0 Å².